The highest BCUT2D eigenvalue weighted by Gasteiger charge is 2.19. The first-order valence-corrected chi connectivity index (χ1v) is 7.34. The van der Waals surface area contributed by atoms with Gasteiger partial charge in [0.1, 0.15) is 11.4 Å². The molecule has 7 nitrogen and oxygen atoms in total. The van der Waals surface area contributed by atoms with E-state index in [1.54, 1.807) is 18.5 Å². The van der Waals surface area contributed by atoms with Gasteiger partial charge < -0.3 is 4.98 Å². The maximum Gasteiger partial charge on any atom is 0.297 e. The minimum Gasteiger partial charge on any atom is -0.325 e. The zero-order chi connectivity index (χ0) is 16.8. The minimum atomic E-state index is -0.419. The Labute approximate surface area is 134 Å². The molecule has 0 saturated carbocycles. The van der Waals surface area contributed by atoms with Crippen molar-refractivity contribution >= 4 is 5.91 Å². The zero-order valence-electron chi connectivity index (χ0n) is 13.4. The molecule has 0 aliphatic rings. The molecule has 1 N–H and O–H groups in total. The van der Waals surface area contributed by atoms with Crippen LogP contribution in [0.15, 0.2) is 35.5 Å². The normalized spacial score (nSPS) is 10.8. The summed E-state index contributed by atoms with van der Waals surface area (Å²) in [6.07, 6.45) is 5.13. The topological polar surface area (TPSA) is 88.2 Å². The van der Waals surface area contributed by atoms with Crippen molar-refractivity contribution in [3.8, 4) is 0 Å². The molecule has 0 saturated heterocycles. The number of pyridine rings is 1. The SMILES string of the molecule is CON(Cc1cccnc1)C(=O)c1c[nH]c(=O)c(CC(C)C)n1. The van der Waals surface area contributed by atoms with Gasteiger partial charge >= 0.3 is 0 Å². The van der Waals surface area contributed by atoms with Crippen LogP contribution in [0.2, 0.25) is 0 Å². The van der Waals surface area contributed by atoms with E-state index in [2.05, 4.69) is 15.0 Å². The van der Waals surface area contributed by atoms with Crippen LogP contribution in [0, 0.1) is 5.92 Å². The molecular formula is C16H20N4O3. The molecule has 122 valence electrons. The Hall–Kier alpha value is -2.54. The van der Waals surface area contributed by atoms with Gasteiger partial charge in [0.15, 0.2) is 0 Å². The van der Waals surface area contributed by atoms with Gasteiger partial charge in [-0.25, -0.2) is 10.0 Å². The third-order valence-electron chi connectivity index (χ3n) is 3.17. The molecule has 0 unspecified atom stereocenters. The molecule has 2 heterocycles. The van der Waals surface area contributed by atoms with Crippen LogP contribution in [0.4, 0.5) is 0 Å². The van der Waals surface area contributed by atoms with Crippen LogP contribution in [0.5, 0.6) is 0 Å². The van der Waals surface area contributed by atoms with Gasteiger partial charge in [0.2, 0.25) is 0 Å². The summed E-state index contributed by atoms with van der Waals surface area (Å²) in [6, 6.07) is 3.63. The van der Waals surface area contributed by atoms with E-state index in [1.165, 1.54) is 18.4 Å². The molecule has 0 aliphatic carbocycles. The number of nitrogens with zero attached hydrogens (tertiary/aromatic N) is 3. The van der Waals surface area contributed by atoms with Crippen LogP contribution < -0.4 is 5.56 Å². The van der Waals surface area contributed by atoms with Crippen molar-refractivity contribution in [3.63, 3.8) is 0 Å². The number of nitrogens with one attached hydrogen (secondary N) is 1. The van der Waals surface area contributed by atoms with Crippen LogP contribution in [-0.4, -0.2) is 33.0 Å². The molecule has 0 atom stereocenters. The predicted molar refractivity (Wildman–Crippen MR) is 84.5 cm³/mol. The van der Waals surface area contributed by atoms with Crippen LogP contribution in [0.1, 0.15) is 35.6 Å². The lowest BCUT2D eigenvalue weighted by Gasteiger charge is -2.19. The predicted octanol–water partition coefficient (Wildman–Crippen LogP) is 1.57. The van der Waals surface area contributed by atoms with Crippen molar-refractivity contribution < 1.29 is 9.63 Å². The Morgan fingerprint density at radius 3 is 2.83 bits per heavy atom. The summed E-state index contributed by atoms with van der Waals surface area (Å²) in [5.74, 6) is -0.152. The second kappa shape index (κ2) is 7.64. The van der Waals surface area contributed by atoms with Gasteiger partial charge in [-0.2, -0.15) is 0 Å². The minimum absolute atomic E-state index is 0.144. The Balaban J connectivity index is 2.22. The summed E-state index contributed by atoms with van der Waals surface area (Å²) in [5, 5.41) is 1.18. The number of hydrogen-bond acceptors (Lipinski definition) is 5. The zero-order valence-corrected chi connectivity index (χ0v) is 13.4. The number of hydrogen-bond donors (Lipinski definition) is 1. The summed E-state index contributed by atoms with van der Waals surface area (Å²) >= 11 is 0. The van der Waals surface area contributed by atoms with E-state index < -0.39 is 5.91 Å². The number of amides is 1. The van der Waals surface area contributed by atoms with Crippen molar-refractivity contribution in [2.45, 2.75) is 26.8 Å². The lowest BCUT2D eigenvalue weighted by atomic mass is 10.1. The molecule has 0 fully saturated rings. The number of hydroxylamine groups is 2. The number of aromatic amines is 1. The second-order valence-corrected chi connectivity index (χ2v) is 5.55. The number of rotatable bonds is 6. The summed E-state index contributed by atoms with van der Waals surface area (Å²) in [7, 11) is 1.41. The summed E-state index contributed by atoms with van der Waals surface area (Å²) in [6.45, 7) is 4.21. The van der Waals surface area contributed by atoms with Gasteiger partial charge in [-0.1, -0.05) is 19.9 Å². The lowest BCUT2D eigenvalue weighted by Crippen LogP contribution is -2.32. The third-order valence-corrected chi connectivity index (χ3v) is 3.17. The highest BCUT2D eigenvalue weighted by atomic mass is 16.7. The smallest absolute Gasteiger partial charge is 0.297 e. The van der Waals surface area contributed by atoms with Crippen molar-refractivity contribution in [1.82, 2.24) is 20.0 Å². The van der Waals surface area contributed by atoms with Gasteiger partial charge in [-0.15, -0.1) is 0 Å². The molecule has 23 heavy (non-hydrogen) atoms. The molecule has 2 rings (SSSR count). The van der Waals surface area contributed by atoms with E-state index in [0.717, 1.165) is 5.56 Å². The third kappa shape index (κ3) is 4.46. The van der Waals surface area contributed by atoms with E-state index in [1.807, 2.05) is 19.9 Å². The van der Waals surface area contributed by atoms with Gasteiger partial charge in [-0.05, 0) is 24.0 Å². The molecule has 2 aromatic rings. The summed E-state index contributed by atoms with van der Waals surface area (Å²) in [4.78, 5) is 40.2. The van der Waals surface area contributed by atoms with Crippen molar-refractivity contribution in [1.29, 1.82) is 0 Å². The van der Waals surface area contributed by atoms with E-state index in [4.69, 9.17) is 4.84 Å². The average Bonchev–Trinajstić information content (AvgIpc) is 2.54. The van der Waals surface area contributed by atoms with Gasteiger partial charge in [0, 0.05) is 18.6 Å². The quantitative estimate of drug-likeness (QED) is 0.817. The van der Waals surface area contributed by atoms with Crippen molar-refractivity contribution in [2.75, 3.05) is 7.11 Å². The van der Waals surface area contributed by atoms with E-state index in [0.29, 0.717) is 12.1 Å². The Bertz CT molecular complexity index is 713. The number of carbonyl (C=O) groups is 1. The van der Waals surface area contributed by atoms with Gasteiger partial charge in [-0.3, -0.25) is 19.4 Å². The lowest BCUT2D eigenvalue weighted by molar-refractivity contribution is -0.102. The van der Waals surface area contributed by atoms with Gasteiger partial charge in [0.25, 0.3) is 11.5 Å². The second-order valence-electron chi connectivity index (χ2n) is 5.55. The Kier molecular flexibility index (Phi) is 5.59. The molecule has 7 heteroatoms. The first-order valence-electron chi connectivity index (χ1n) is 7.34. The number of carbonyl (C=O) groups excluding carboxylic acids is 1. The Morgan fingerprint density at radius 1 is 1.43 bits per heavy atom. The van der Waals surface area contributed by atoms with Gasteiger partial charge in [0.05, 0.1) is 13.7 Å². The maximum absolute atomic E-state index is 12.5. The molecule has 0 aromatic carbocycles. The van der Waals surface area contributed by atoms with Crippen molar-refractivity contribution in [3.05, 3.63) is 58.0 Å². The van der Waals surface area contributed by atoms with Crippen LogP contribution in [-0.2, 0) is 17.8 Å². The molecule has 0 bridgehead atoms. The largest absolute Gasteiger partial charge is 0.325 e. The molecule has 0 spiro atoms. The highest BCUT2D eigenvalue weighted by Crippen LogP contribution is 2.08. The van der Waals surface area contributed by atoms with Crippen LogP contribution in [0.3, 0.4) is 0 Å². The fourth-order valence-corrected chi connectivity index (χ4v) is 2.08. The standard InChI is InChI=1S/C16H20N4O3/c1-11(2)7-13-15(21)18-9-14(19-13)16(22)20(23-3)10-12-5-4-6-17-8-12/h4-6,8-9,11H,7,10H2,1-3H3,(H,18,21). The first kappa shape index (κ1) is 16.8. The van der Waals surface area contributed by atoms with E-state index in [9.17, 15) is 9.59 Å². The Morgan fingerprint density at radius 2 is 2.22 bits per heavy atom. The van der Waals surface area contributed by atoms with Crippen LogP contribution in [0.25, 0.3) is 0 Å². The average molecular weight is 316 g/mol. The molecule has 1 amide bonds. The fraction of sp³-hybridized carbons (Fsp3) is 0.375. The first-order chi connectivity index (χ1) is 11.0. The monoisotopic (exact) mass is 316 g/mol. The maximum atomic E-state index is 12.5. The molecule has 0 aliphatic heterocycles. The van der Waals surface area contributed by atoms with E-state index >= 15 is 0 Å². The molecular weight excluding hydrogens is 296 g/mol. The summed E-state index contributed by atoms with van der Waals surface area (Å²) in [5.41, 5.74) is 1.05. The number of H-pyrrole nitrogens is 1. The highest BCUT2D eigenvalue weighted by molar-refractivity contribution is 5.91. The summed E-state index contributed by atoms with van der Waals surface area (Å²) < 4.78 is 0. The molecule has 2 aromatic heterocycles. The van der Waals surface area contributed by atoms with Crippen molar-refractivity contribution in [2.24, 2.45) is 5.92 Å². The number of aromatic nitrogens is 3. The van der Waals surface area contributed by atoms with E-state index in [-0.39, 0.29) is 23.7 Å². The molecule has 0 radical (unpaired) electrons. The fourth-order valence-electron chi connectivity index (χ4n) is 2.08. The van der Waals surface area contributed by atoms with Crippen LogP contribution >= 0.6 is 0 Å².